The van der Waals surface area contributed by atoms with Crippen molar-refractivity contribution in [3.8, 4) is 0 Å². The van der Waals surface area contributed by atoms with Gasteiger partial charge in [-0.25, -0.2) is 0 Å². The van der Waals surface area contributed by atoms with Crippen LogP contribution in [-0.4, -0.2) is 36.0 Å². The van der Waals surface area contributed by atoms with Gasteiger partial charge in [0.15, 0.2) is 0 Å². The van der Waals surface area contributed by atoms with E-state index in [0.29, 0.717) is 23.9 Å². The summed E-state index contributed by atoms with van der Waals surface area (Å²) in [6.07, 6.45) is 11.2. The molecule has 5 rings (SSSR count). The number of aliphatic hydroxyl groups is 1. The molecule has 164 valence electrons. The van der Waals surface area contributed by atoms with Crippen LogP contribution in [-0.2, 0) is 14.3 Å². The molecule has 0 aromatic carbocycles. The average molecular weight is 405 g/mol. The maximum Gasteiger partial charge on any atom is 0.305 e. The Labute approximate surface area is 176 Å². The lowest BCUT2D eigenvalue weighted by molar-refractivity contribution is -0.141. The highest BCUT2D eigenvalue weighted by Gasteiger charge is 2.76. The van der Waals surface area contributed by atoms with Crippen molar-refractivity contribution in [2.75, 3.05) is 7.11 Å². The van der Waals surface area contributed by atoms with Crippen LogP contribution in [0.15, 0.2) is 0 Å². The van der Waals surface area contributed by atoms with E-state index in [1.165, 1.54) is 39.2 Å². The first-order chi connectivity index (χ1) is 13.7. The summed E-state index contributed by atoms with van der Waals surface area (Å²) in [6.45, 7) is 7.44. The molecule has 10 atom stereocenters. The lowest BCUT2D eigenvalue weighted by Gasteiger charge is -2.59. The van der Waals surface area contributed by atoms with Gasteiger partial charge in [-0.2, -0.15) is 0 Å². The van der Waals surface area contributed by atoms with Gasteiger partial charge >= 0.3 is 5.97 Å². The van der Waals surface area contributed by atoms with Crippen LogP contribution in [0.3, 0.4) is 0 Å². The number of methoxy groups -OCH3 is 1. The number of carbonyl (C=O) groups is 1. The van der Waals surface area contributed by atoms with Gasteiger partial charge in [-0.15, -0.1) is 0 Å². The van der Waals surface area contributed by atoms with E-state index in [1.807, 2.05) is 0 Å². The van der Waals surface area contributed by atoms with Crippen LogP contribution >= 0.6 is 0 Å². The van der Waals surface area contributed by atoms with Crippen LogP contribution < -0.4 is 0 Å². The van der Waals surface area contributed by atoms with Crippen LogP contribution in [0.5, 0.6) is 0 Å². The Balaban J connectivity index is 1.35. The number of aliphatic hydroxyl groups excluding tert-OH is 1. The molecule has 0 aromatic rings. The van der Waals surface area contributed by atoms with Gasteiger partial charge in [0.2, 0.25) is 0 Å². The minimum Gasteiger partial charge on any atom is -0.469 e. The monoisotopic (exact) mass is 404 g/mol. The molecule has 1 spiro atoms. The molecule has 1 saturated heterocycles. The van der Waals surface area contributed by atoms with Gasteiger partial charge in [0.25, 0.3) is 0 Å². The van der Waals surface area contributed by atoms with Gasteiger partial charge in [-0.3, -0.25) is 4.79 Å². The summed E-state index contributed by atoms with van der Waals surface area (Å²) in [7, 11) is 1.50. The SMILES string of the molecule is COC(=O)CC[C@@H](C)[C@H]1CC[C@H]2[C@@H]3C[C@@H]4O[C@@]45C[C@@H](O)CC[C@]5(C)[C@H]3CC[C@]12C. The molecule has 0 amide bonds. The third-order valence-corrected chi connectivity index (χ3v) is 10.9. The topological polar surface area (TPSA) is 59.1 Å². The lowest BCUT2D eigenvalue weighted by atomic mass is 9.44. The molecule has 4 saturated carbocycles. The molecule has 4 aliphatic carbocycles. The van der Waals surface area contributed by atoms with Crippen molar-refractivity contribution in [2.24, 2.45) is 40.4 Å². The largest absolute Gasteiger partial charge is 0.469 e. The normalized spacial score (nSPS) is 53.8. The Morgan fingerprint density at radius 1 is 1.17 bits per heavy atom. The van der Waals surface area contributed by atoms with E-state index in [9.17, 15) is 9.90 Å². The standard InChI is InChI=1S/C25H40O4/c1-15(5-8-22(27)28-4)18-6-7-19-17-13-21-25(29-21)14-16(26)9-12-24(25,3)20(17)10-11-23(18,19)2/h15-21,26H,5-14H2,1-4H3/t15-,16+,17+,18-,19+,20+,21+,23-,24-,25+/m1/s1. The second-order valence-electron chi connectivity index (χ2n) is 11.7. The number of ether oxygens (including phenoxy) is 2. The van der Waals surface area contributed by atoms with Crippen molar-refractivity contribution < 1.29 is 19.4 Å². The molecule has 0 unspecified atom stereocenters. The quantitative estimate of drug-likeness (QED) is 0.544. The fraction of sp³-hybridized carbons (Fsp3) is 0.960. The van der Waals surface area contributed by atoms with E-state index in [0.717, 1.165) is 49.4 Å². The first kappa shape index (κ1) is 20.3. The summed E-state index contributed by atoms with van der Waals surface area (Å²) in [5, 5.41) is 10.3. The maximum absolute atomic E-state index is 11.7. The van der Waals surface area contributed by atoms with Gasteiger partial charge in [0, 0.05) is 18.3 Å². The first-order valence-electron chi connectivity index (χ1n) is 12.2. The molecule has 4 nitrogen and oxygen atoms in total. The Bertz CT molecular complexity index is 678. The molecular formula is C25H40O4. The van der Waals surface area contributed by atoms with Crippen LogP contribution in [0.1, 0.15) is 85.0 Å². The van der Waals surface area contributed by atoms with Crippen LogP contribution in [0.4, 0.5) is 0 Å². The van der Waals surface area contributed by atoms with Crippen molar-refractivity contribution in [3.05, 3.63) is 0 Å². The van der Waals surface area contributed by atoms with Gasteiger partial charge in [-0.05, 0) is 86.4 Å². The molecule has 0 bridgehead atoms. The van der Waals surface area contributed by atoms with Crippen molar-refractivity contribution in [1.82, 2.24) is 0 Å². The molecule has 29 heavy (non-hydrogen) atoms. The molecular weight excluding hydrogens is 364 g/mol. The fourth-order valence-electron chi connectivity index (χ4n) is 9.28. The summed E-state index contributed by atoms with van der Waals surface area (Å²) in [5.41, 5.74) is 0.664. The Morgan fingerprint density at radius 3 is 2.72 bits per heavy atom. The van der Waals surface area contributed by atoms with Crippen molar-refractivity contribution in [3.63, 3.8) is 0 Å². The molecule has 0 aromatic heterocycles. The summed E-state index contributed by atoms with van der Waals surface area (Å²) < 4.78 is 11.3. The summed E-state index contributed by atoms with van der Waals surface area (Å²) in [4.78, 5) is 11.7. The van der Waals surface area contributed by atoms with Gasteiger partial charge in [-0.1, -0.05) is 20.8 Å². The maximum atomic E-state index is 11.7. The van der Waals surface area contributed by atoms with Crippen molar-refractivity contribution >= 4 is 5.97 Å². The predicted molar refractivity (Wildman–Crippen MR) is 111 cm³/mol. The zero-order valence-electron chi connectivity index (χ0n) is 18.8. The number of carbonyl (C=O) groups excluding carboxylic acids is 1. The number of fused-ring (bicyclic) bond motifs is 4. The molecule has 4 heteroatoms. The van der Waals surface area contributed by atoms with Gasteiger partial charge < -0.3 is 14.6 Å². The highest BCUT2D eigenvalue weighted by molar-refractivity contribution is 5.69. The van der Waals surface area contributed by atoms with Crippen LogP contribution in [0.25, 0.3) is 0 Å². The van der Waals surface area contributed by atoms with E-state index in [1.54, 1.807) is 0 Å². The van der Waals surface area contributed by atoms with Crippen molar-refractivity contribution in [1.29, 1.82) is 0 Å². The molecule has 1 heterocycles. The molecule has 5 aliphatic rings. The summed E-state index contributed by atoms with van der Waals surface area (Å²) in [6, 6.07) is 0. The second kappa shape index (κ2) is 6.69. The highest BCUT2D eigenvalue weighted by Crippen LogP contribution is 2.74. The Kier molecular flexibility index (Phi) is 4.68. The summed E-state index contributed by atoms with van der Waals surface area (Å²) in [5.74, 6) is 3.59. The predicted octanol–water partition coefficient (Wildman–Crippen LogP) is 4.73. The Hall–Kier alpha value is -0.610. The molecule has 1 aliphatic heterocycles. The third kappa shape index (κ3) is 2.73. The van der Waals surface area contributed by atoms with Gasteiger partial charge in [0.1, 0.15) is 5.60 Å². The average Bonchev–Trinajstić information content (AvgIpc) is 3.27. The Morgan fingerprint density at radius 2 is 1.97 bits per heavy atom. The van der Waals surface area contributed by atoms with E-state index < -0.39 is 0 Å². The number of hydrogen-bond donors (Lipinski definition) is 1. The fourth-order valence-corrected chi connectivity index (χ4v) is 9.28. The van der Waals surface area contributed by atoms with E-state index in [4.69, 9.17) is 9.47 Å². The number of rotatable bonds is 4. The summed E-state index contributed by atoms with van der Waals surface area (Å²) >= 11 is 0. The second-order valence-corrected chi connectivity index (χ2v) is 11.7. The zero-order chi connectivity index (χ0) is 20.6. The smallest absolute Gasteiger partial charge is 0.305 e. The van der Waals surface area contributed by atoms with Crippen molar-refractivity contribution in [2.45, 2.75) is 103 Å². The third-order valence-electron chi connectivity index (χ3n) is 10.9. The number of epoxide rings is 1. The van der Waals surface area contributed by atoms with Crippen LogP contribution in [0.2, 0.25) is 0 Å². The lowest BCUT2D eigenvalue weighted by Crippen LogP contribution is -2.58. The van der Waals surface area contributed by atoms with E-state index >= 15 is 0 Å². The number of esters is 1. The highest BCUT2D eigenvalue weighted by atomic mass is 16.6. The molecule has 5 fully saturated rings. The first-order valence-corrected chi connectivity index (χ1v) is 12.2. The van der Waals surface area contributed by atoms with Crippen LogP contribution in [0, 0.1) is 40.4 Å². The number of hydrogen-bond acceptors (Lipinski definition) is 4. The van der Waals surface area contributed by atoms with E-state index in [2.05, 4.69) is 20.8 Å². The zero-order valence-corrected chi connectivity index (χ0v) is 18.8. The van der Waals surface area contributed by atoms with E-state index in [-0.39, 0.29) is 23.1 Å². The molecule has 0 radical (unpaired) electrons. The van der Waals surface area contributed by atoms with Gasteiger partial charge in [0.05, 0.1) is 19.3 Å². The molecule has 1 N–H and O–H groups in total. The minimum absolute atomic E-state index is 0.00855. The minimum atomic E-state index is -0.162.